The number of halogens is 1. The summed E-state index contributed by atoms with van der Waals surface area (Å²) in [5.74, 6) is 0.351. The first-order valence-corrected chi connectivity index (χ1v) is 12.9. The van der Waals surface area contributed by atoms with Gasteiger partial charge in [-0.2, -0.15) is 0 Å². The molecule has 0 aromatic heterocycles. The van der Waals surface area contributed by atoms with Crippen LogP contribution >= 0.6 is 15.9 Å². The van der Waals surface area contributed by atoms with Crippen LogP contribution in [0.5, 0.6) is 11.5 Å². The monoisotopic (exact) mass is 557 g/mol. The zero-order chi connectivity index (χ0) is 26.1. The van der Waals surface area contributed by atoms with E-state index in [2.05, 4.69) is 64.6 Å². The van der Waals surface area contributed by atoms with Gasteiger partial charge in [-0.1, -0.05) is 83.5 Å². The summed E-state index contributed by atoms with van der Waals surface area (Å²) < 4.78 is 11.8. The third-order valence-corrected chi connectivity index (χ3v) is 7.65. The second-order valence-electron chi connectivity index (χ2n) is 9.28. The average molecular weight is 558 g/mol. The molecular weight excluding hydrogens is 530 g/mol. The lowest BCUT2D eigenvalue weighted by molar-refractivity contribution is 0.0697. The van der Waals surface area contributed by atoms with Crippen LogP contribution in [-0.4, -0.2) is 25.3 Å². The molecule has 5 rings (SSSR count). The van der Waals surface area contributed by atoms with Gasteiger partial charge in [0, 0.05) is 10.4 Å². The molecule has 0 aliphatic carbocycles. The Balaban J connectivity index is 1.63. The van der Waals surface area contributed by atoms with Crippen LogP contribution in [0.15, 0.2) is 89.4 Å². The van der Waals surface area contributed by atoms with E-state index in [0.29, 0.717) is 17.2 Å². The minimum absolute atomic E-state index is 0.0783. The zero-order valence-electron chi connectivity index (χ0n) is 20.9. The third kappa shape index (κ3) is 4.69. The number of carbonyl (C=O) groups is 1. The topological polar surface area (TPSA) is 67.8 Å². The number of anilines is 1. The van der Waals surface area contributed by atoms with Gasteiger partial charge in [-0.15, -0.1) is 0 Å². The summed E-state index contributed by atoms with van der Waals surface area (Å²) in [6.07, 6.45) is 0. The highest BCUT2D eigenvalue weighted by atomic mass is 79.9. The van der Waals surface area contributed by atoms with Crippen molar-refractivity contribution in [1.29, 1.82) is 0 Å². The van der Waals surface area contributed by atoms with Gasteiger partial charge in [0.2, 0.25) is 0 Å². The van der Waals surface area contributed by atoms with Crippen LogP contribution in [0.25, 0.3) is 11.1 Å². The molecule has 2 N–H and O–H groups in total. The van der Waals surface area contributed by atoms with E-state index in [4.69, 9.17) is 9.47 Å². The Morgan fingerprint density at radius 2 is 1.49 bits per heavy atom. The Kier molecular flexibility index (Phi) is 6.94. The molecule has 0 radical (unpaired) electrons. The summed E-state index contributed by atoms with van der Waals surface area (Å²) in [6, 6.07) is 28.3. The van der Waals surface area contributed by atoms with Crippen LogP contribution in [0.3, 0.4) is 0 Å². The van der Waals surface area contributed by atoms with Crippen molar-refractivity contribution in [2.24, 2.45) is 5.92 Å². The summed E-state index contributed by atoms with van der Waals surface area (Å²) in [4.78, 5) is 12.3. The molecule has 0 saturated carbocycles. The van der Waals surface area contributed by atoms with Crippen molar-refractivity contribution in [3.05, 3.63) is 112 Å². The number of carboxylic acids is 1. The maximum Gasteiger partial charge on any atom is 0.337 e. The number of aromatic carboxylic acids is 1. The maximum atomic E-state index is 12.3. The largest absolute Gasteiger partial charge is 0.493 e. The number of carboxylic acid groups (broad SMARTS) is 1. The third-order valence-electron chi connectivity index (χ3n) is 7.19. The first-order chi connectivity index (χ1) is 17.9. The van der Waals surface area contributed by atoms with Crippen LogP contribution in [0, 0.1) is 5.92 Å². The van der Waals surface area contributed by atoms with Gasteiger partial charge in [0.05, 0.1) is 31.5 Å². The lowest BCUT2D eigenvalue weighted by Crippen LogP contribution is -2.32. The Morgan fingerprint density at radius 1 is 0.838 bits per heavy atom. The average Bonchev–Trinajstić information content (AvgIpc) is 2.92. The predicted molar refractivity (Wildman–Crippen MR) is 150 cm³/mol. The molecule has 0 spiro atoms. The molecule has 0 saturated heterocycles. The Labute approximate surface area is 225 Å². The lowest BCUT2D eigenvalue weighted by Gasteiger charge is -2.40. The highest BCUT2D eigenvalue weighted by molar-refractivity contribution is 9.10. The summed E-state index contributed by atoms with van der Waals surface area (Å²) in [5.41, 5.74) is 6.25. The van der Waals surface area contributed by atoms with Gasteiger partial charge in [-0.3, -0.25) is 0 Å². The van der Waals surface area contributed by atoms with Gasteiger partial charge in [0.25, 0.3) is 0 Å². The minimum Gasteiger partial charge on any atom is -0.493 e. The molecule has 3 atom stereocenters. The fraction of sp³-hybridized carbons (Fsp3) is 0.194. The zero-order valence-corrected chi connectivity index (χ0v) is 22.5. The molecule has 0 bridgehead atoms. The lowest BCUT2D eigenvalue weighted by atomic mass is 9.72. The van der Waals surface area contributed by atoms with Crippen molar-refractivity contribution in [1.82, 2.24) is 0 Å². The number of nitrogens with one attached hydrogen (secondary N) is 1. The first-order valence-electron chi connectivity index (χ1n) is 12.1. The van der Waals surface area contributed by atoms with Crippen LogP contribution < -0.4 is 14.8 Å². The number of ether oxygens (including phenoxy) is 2. The van der Waals surface area contributed by atoms with Crippen molar-refractivity contribution in [2.45, 2.75) is 18.9 Å². The minimum atomic E-state index is -0.969. The van der Waals surface area contributed by atoms with Crippen LogP contribution in [-0.2, 0) is 0 Å². The van der Waals surface area contributed by atoms with Crippen LogP contribution in [0.4, 0.5) is 5.69 Å². The Bertz CT molecular complexity index is 1440. The molecular formula is C31H28BrNO4. The number of hydrogen-bond donors (Lipinski definition) is 2. The van der Waals surface area contributed by atoms with E-state index in [1.54, 1.807) is 20.3 Å². The molecule has 3 unspecified atom stereocenters. The maximum absolute atomic E-state index is 12.3. The van der Waals surface area contributed by atoms with E-state index in [-0.39, 0.29) is 23.4 Å². The van der Waals surface area contributed by atoms with E-state index < -0.39 is 5.97 Å². The summed E-state index contributed by atoms with van der Waals surface area (Å²) >= 11 is 3.53. The van der Waals surface area contributed by atoms with Gasteiger partial charge >= 0.3 is 5.97 Å². The van der Waals surface area contributed by atoms with Gasteiger partial charge in [-0.25, -0.2) is 4.79 Å². The number of hydrogen-bond acceptors (Lipinski definition) is 4. The molecule has 1 aliphatic rings. The van der Waals surface area contributed by atoms with E-state index >= 15 is 0 Å². The smallest absolute Gasteiger partial charge is 0.337 e. The highest BCUT2D eigenvalue weighted by Gasteiger charge is 2.38. The van der Waals surface area contributed by atoms with Crippen molar-refractivity contribution in [2.75, 3.05) is 19.5 Å². The van der Waals surface area contributed by atoms with E-state index in [0.717, 1.165) is 32.3 Å². The molecule has 0 fully saturated rings. The van der Waals surface area contributed by atoms with E-state index in [1.807, 2.05) is 42.5 Å². The molecule has 5 nitrogen and oxygen atoms in total. The van der Waals surface area contributed by atoms with Crippen molar-refractivity contribution in [3.63, 3.8) is 0 Å². The molecule has 37 heavy (non-hydrogen) atoms. The van der Waals surface area contributed by atoms with Gasteiger partial charge < -0.3 is 19.9 Å². The van der Waals surface area contributed by atoms with E-state index in [1.165, 1.54) is 0 Å². The second-order valence-corrected chi connectivity index (χ2v) is 10.2. The summed E-state index contributed by atoms with van der Waals surface area (Å²) in [6.45, 7) is 2.20. The van der Waals surface area contributed by atoms with Gasteiger partial charge in [0.1, 0.15) is 0 Å². The fourth-order valence-electron chi connectivity index (χ4n) is 5.40. The molecule has 4 aromatic rings. The standard InChI is InChI=1S/C31H28BrNO4/c1-18-28(22-13-14-26(36-2)27(15-22)37-3)24-16-23(32)17-25(31(34)35)30(24)33-29(18)21-11-9-20(10-12-21)19-7-5-4-6-8-19/h4-18,28-29,33H,1-3H3,(H,34,35). The second kappa shape index (κ2) is 10.3. The molecule has 1 heterocycles. The number of methoxy groups -OCH3 is 2. The van der Waals surface area contributed by atoms with Crippen molar-refractivity contribution in [3.8, 4) is 22.6 Å². The van der Waals surface area contributed by atoms with Crippen LogP contribution in [0.2, 0.25) is 0 Å². The van der Waals surface area contributed by atoms with Crippen molar-refractivity contribution < 1.29 is 19.4 Å². The normalized spacial score (nSPS) is 18.4. The first kappa shape index (κ1) is 24.9. The molecule has 188 valence electrons. The summed E-state index contributed by atoms with van der Waals surface area (Å²) in [5, 5.41) is 13.7. The van der Waals surface area contributed by atoms with E-state index in [9.17, 15) is 9.90 Å². The van der Waals surface area contributed by atoms with Gasteiger partial charge in [-0.05, 0) is 58.0 Å². The molecule has 6 heteroatoms. The summed E-state index contributed by atoms with van der Waals surface area (Å²) in [7, 11) is 3.24. The highest BCUT2D eigenvalue weighted by Crippen LogP contribution is 2.50. The van der Waals surface area contributed by atoms with Gasteiger partial charge in [0.15, 0.2) is 11.5 Å². The Morgan fingerprint density at radius 3 is 2.14 bits per heavy atom. The number of rotatable bonds is 6. The quantitative estimate of drug-likeness (QED) is 0.253. The predicted octanol–water partition coefficient (Wildman–Crippen LogP) is 7.77. The number of fused-ring (bicyclic) bond motifs is 1. The molecule has 4 aromatic carbocycles. The molecule has 1 aliphatic heterocycles. The van der Waals surface area contributed by atoms with Crippen LogP contribution in [0.1, 0.15) is 45.9 Å². The SMILES string of the molecule is COc1ccc(C2c3cc(Br)cc(C(=O)O)c3NC(c3ccc(-c4ccccc4)cc3)C2C)cc1OC. The Hall–Kier alpha value is -3.77. The number of benzene rings is 4. The fourth-order valence-corrected chi connectivity index (χ4v) is 5.87. The van der Waals surface area contributed by atoms with Crippen molar-refractivity contribution >= 4 is 27.6 Å². The molecule has 0 amide bonds.